The van der Waals surface area contributed by atoms with Crippen LogP contribution < -0.4 is 14.8 Å². The minimum absolute atomic E-state index is 0.539. The number of anilines is 1. The van der Waals surface area contributed by atoms with Crippen molar-refractivity contribution in [2.45, 2.75) is 6.54 Å². The summed E-state index contributed by atoms with van der Waals surface area (Å²) in [6, 6.07) is 9.09. The van der Waals surface area contributed by atoms with Crippen LogP contribution in [0.3, 0.4) is 0 Å². The molecule has 0 atom stereocenters. The molecule has 2 rings (SSSR count). The van der Waals surface area contributed by atoms with Crippen molar-refractivity contribution in [3.63, 3.8) is 0 Å². The van der Waals surface area contributed by atoms with E-state index in [4.69, 9.17) is 32.7 Å². The van der Waals surface area contributed by atoms with Crippen molar-refractivity contribution in [1.82, 2.24) is 0 Å². The van der Waals surface area contributed by atoms with Crippen LogP contribution in [-0.2, 0) is 6.54 Å². The fourth-order valence-electron chi connectivity index (χ4n) is 1.98. The highest BCUT2D eigenvalue weighted by Gasteiger charge is 2.13. The monoisotopic (exact) mass is 389 g/mol. The topological polar surface area (TPSA) is 30.5 Å². The van der Waals surface area contributed by atoms with E-state index in [0.29, 0.717) is 28.1 Å². The number of rotatable bonds is 5. The summed E-state index contributed by atoms with van der Waals surface area (Å²) in [6.07, 6.45) is 0. The molecule has 0 bridgehead atoms. The molecule has 112 valence electrons. The van der Waals surface area contributed by atoms with Gasteiger partial charge in [0.25, 0.3) is 0 Å². The molecule has 6 heteroatoms. The minimum Gasteiger partial charge on any atom is -0.493 e. The van der Waals surface area contributed by atoms with Crippen LogP contribution in [0, 0.1) is 0 Å². The lowest BCUT2D eigenvalue weighted by Crippen LogP contribution is -2.04. The first-order valence-corrected chi connectivity index (χ1v) is 7.69. The summed E-state index contributed by atoms with van der Waals surface area (Å²) < 4.78 is 11.7. The van der Waals surface area contributed by atoms with Crippen molar-refractivity contribution >= 4 is 44.8 Å². The molecule has 0 fully saturated rings. The van der Waals surface area contributed by atoms with Gasteiger partial charge in [0.2, 0.25) is 0 Å². The second kappa shape index (κ2) is 7.25. The highest BCUT2D eigenvalue weighted by Crippen LogP contribution is 2.36. The van der Waals surface area contributed by atoms with Gasteiger partial charge >= 0.3 is 0 Å². The molecule has 0 aliphatic carbocycles. The number of hydrogen-bond acceptors (Lipinski definition) is 3. The van der Waals surface area contributed by atoms with Crippen molar-refractivity contribution in [1.29, 1.82) is 0 Å². The van der Waals surface area contributed by atoms with E-state index in [1.165, 1.54) is 0 Å². The fraction of sp³-hybridized carbons (Fsp3) is 0.200. The number of benzene rings is 2. The molecule has 0 saturated carbocycles. The van der Waals surface area contributed by atoms with Crippen LogP contribution in [0.4, 0.5) is 5.69 Å². The highest BCUT2D eigenvalue weighted by atomic mass is 79.9. The molecule has 0 heterocycles. The summed E-state index contributed by atoms with van der Waals surface area (Å²) in [5, 5.41) is 4.44. The summed E-state index contributed by atoms with van der Waals surface area (Å²) in [5.74, 6) is 1.37. The van der Waals surface area contributed by atoms with Crippen molar-refractivity contribution in [3.8, 4) is 11.5 Å². The van der Waals surface area contributed by atoms with Crippen molar-refractivity contribution in [3.05, 3.63) is 50.4 Å². The SMILES string of the molecule is COc1ccc(Br)c(CNc2cc(Cl)cc(Cl)c2)c1OC. The second-order valence-electron chi connectivity index (χ2n) is 4.27. The first-order valence-electron chi connectivity index (χ1n) is 6.14. The third-order valence-corrected chi connectivity index (χ3v) is 4.10. The third kappa shape index (κ3) is 3.96. The van der Waals surface area contributed by atoms with Gasteiger partial charge in [0.15, 0.2) is 11.5 Å². The maximum absolute atomic E-state index is 5.99. The second-order valence-corrected chi connectivity index (χ2v) is 6.00. The first-order chi connectivity index (χ1) is 10.0. The molecule has 0 radical (unpaired) electrons. The summed E-state index contributed by atoms with van der Waals surface area (Å²) in [4.78, 5) is 0. The Hall–Kier alpha value is -1.10. The average molecular weight is 391 g/mol. The zero-order chi connectivity index (χ0) is 15.4. The van der Waals surface area contributed by atoms with Crippen LogP contribution in [0.2, 0.25) is 10.0 Å². The molecule has 0 amide bonds. The van der Waals surface area contributed by atoms with Gasteiger partial charge < -0.3 is 14.8 Å². The maximum Gasteiger partial charge on any atom is 0.166 e. The van der Waals surface area contributed by atoms with Crippen LogP contribution in [0.25, 0.3) is 0 Å². The summed E-state index contributed by atoms with van der Waals surface area (Å²) in [6.45, 7) is 0.539. The van der Waals surface area contributed by atoms with E-state index in [0.717, 1.165) is 15.7 Å². The molecule has 1 N–H and O–H groups in total. The molecule has 0 aliphatic rings. The van der Waals surface area contributed by atoms with Gasteiger partial charge in [0.1, 0.15) is 0 Å². The van der Waals surface area contributed by atoms with Gasteiger partial charge in [-0.3, -0.25) is 0 Å². The summed E-state index contributed by atoms with van der Waals surface area (Å²) in [7, 11) is 3.23. The molecule has 0 aromatic heterocycles. The van der Waals surface area contributed by atoms with E-state index in [1.54, 1.807) is 20.3 Å². The van der Waals surface area contributed by atoms with Gasteiger partial charge in [0, 0.05) is 32.3 Å². The molecule has 0 saturated heterocycles. The zero-order valence-corrected chi connectivity index (χ0v) is 14.6. The lowest BCUT2D eigenvalue weighted by molar-refractivity contribution is 0.351. The Balaban J connectivity index is 2.27. The van der Waals surface area contributed by atoms with E-state index in [-0.39, 0.29) is 0 Å². The number of hydrogen-bond donors (Lipinski definition) is 1. The molecule has 0 aliphatic heterocycles. The molecule has 0 unspecified atom stereocenters. The van der Waals surface area contributed by atoms with E-state index in [2.05, 4.69) is 21.2 Å². The van der Waals surface area contributed by atoms with Gasteiger partial charge in [-0.25, -0.2) is 0 Å². The fourth-order valence-corrected chi connectivity index (χ4v) is 2.96. The van der Waals surface area contributed by atoms with Crippen molar-refractivity contribution in [2.24, 2.45) is 0 Å². The molecular weight excluding hydrogens is 377 g/mol. The molecule has 2 aromatic rings. The molecule has 3 nitrogen and oxygen atoms in total. The van der Waals surface area contributed by atoms with E-state index < -0.39 is 0 Å². The first kappa shape index (κ1) is 16.3. The van der Waals surface area contributed by atoms with Crippen LogP contribution >= 0.6 is 39.1 Å². The Morgan fingerprint density at radius 1 is 1.05 bits per heavy atom. The summed E-state index contributed by atoms with van der Waals surface area (Å²) >= 11 is 15.5. The van der Waals surface area contributed by atoms with Gasteiger partial charge in [-0.2, -0.15) is 0 Å². The molecule has 0 spiro atoms. The van der Waals surface area contributed by atoms with Gasteiger partial charge in [-0.15, -0.1) is 0 Å². The van der Waals surface area contributed by atoms with Crippen LogP contribution in [0.5, 0.6) is 11.5 Å². The smallest absolute Gasteiger partial charge is 0.166 e. The lowest BCUT2D eigenvalue weighted by Gasteiger charge is -2.15. The van der Waals surface area contributed by atoms with E-state index >= 15 is 0 Å². The largest absolute Gasteiger partial charge is 0.493 e. The predicted octanol–water partition coefficient (Wildman–Crippen LogP) is 5.39. The Morgan fingerprint density at radius 3 is 2.29 bits per heavy atom. The molecule has 21 heavy (non-hydrogen) atoms. The standard InChI is InChI=1S/C15H14BrCl2NO2/c1-20-14-4-3-13(16)12(15(14)21-2)8-19-11-6-9(17)5-10(18)7-11/h3-7,19H,8H2,1-2H3. The van der Waals surface area contributed by atoms with E-state index in [1.807, 2.05) is 24.3 Å². The highest BCUT2D eigenvalue weighted by molar-refractivity contribution is 9.10. The summed E-state index contributed by atoms with van der Waals surface area (Å²) in [5.41, 5.74) is 1.79. The normalized spacial score (nSPS) is 10.3. The van der Waals surface area contributed by atoms with Gasteiger partial charge in [-0.1, -0.05) is 39.1 Å². The average Bonchev–Trinajstić information content (AvgIpc) is 2.44. The Labute approximate surface area is 142 Å². The Kier molecular flexibility index (Phi) is 5.62. The van der Waals surface area contributed by atoms with Gasteiger partial charge in [0.05, 0.1) is 14.2 Å². The van der Waals surface area contributed by atoms with Crippen molar-refractivity contribution < 1.29 is 9.47 Å². The van der Waals surface area contributed by atoms with Gasteiger partial charge in [-0.05, 0) is 30.3 Å². The van der Waals surface area contributed by atoms with Crippen LogP contribution in [0.1, 0.15) is 5.56 Å². The number of methoxy groups -OCH3 is 2. The number of ether oxygens (including phenoxy) is 2. The molecular formula is C15H14BrCl2NO2. The Morgan fingerprint density at radius 2 is 1.71 bits per heavy atom. The maximum atomic E-state index is 5.99. The zero-order valence-electron chi connectivity index (χ0n) is 11.5. The van der Waals surface area contributed by atoms with Crippen LogP contribution in [-0.4, -0.2) is 14.2 Å². The molecule has 2 aromatic carbocycles. The third-order valence-electron chi connectivity index (χ3n) is 2.92. The Bertz CT molecular complexity index is 630. The lowest BCUT2D eigenvalue weighted by atomic mass is 10.1. The number of nitrogens with one attached hydrogen (secondary N) is 1. The van der Waals surface area contributed by atoms with Crippen LogP contribution in [0.15, 0.2) is 34.8 Å². The van der Waals surface area contributed by atoms with E-state index in [9.17, 15) is 0 Å². The predicted molar refractivity (Wildman–Crippen MR) is 91.0 cm³/mol. The van der Waals surface area contributed by atoms with Crippen molar-refractivity contribution in [2.75, 3.05) is 19.5 Å². The number of halogens is 3. The quantitative estimate of drug-likeness (QED) is 0.742. The minimum atomic E-state index is 0.539.